The van der Waals surface area contributed by atoms with Crippen LogP contribution in [0.25, 0.3) is 22.6 Å². The SMILES string of the molecule is O=C(COCC1CC1)Nc1ccc2nc(-c3ccco3)[nH]c2c1. The molecule has 2 N–H and O–H groups in total. The predicted octanol–water partition coefficient (Wildman–Crippen LogP) is 3.19. The molecule has 0 spiro atoms. The van der Waals surface area contributed by atoms with Crippen LogP contribution in [0.15, 0.2) is 41.0 Å². The van der Waals surface area contributed by atoms with Crippen LogP contribution < -0.4 is 5.32 Å². The second kappa shape index (κ2) is 5.89. The van der Waals surface area contributed by atoms with E-state index < -0.39 is 0 Å². The molecule has 1 aliphatic carbocycles. The number of anilines is 1. The highest BCUT2D eigenvalue weighted by molar-refractivity contribution is 5.94. The van der Waals surface area contributed by atoms with E-state index in [2.05, 4.69) is 15.3 Å². The molecule has 0 aliphatic heterocycles. The van der Waals surface area contributed by atoms with E-state index in [1.807, 2.05) is 30.3 Å². The number of furan rings is 1. The van der Waals surface area contributed by atoms with E-state index >= 15 is 0 Å². The zero-order valence-corrected chi connectivity index (χ0v) is 12.5. The molecule has 23 heavy (non-hydrogen) atoms. The lowest BCUT2D eigenvalue weighted by Gasteiger charge is -2.05. The Kier molecular flexibility index (Phi) is 3.59. The fourth-order valence-corrected chi connectivity index (χ4v) is 2.42. The maximum absolute atomic E-state index is 11.9. The monoisotopic (exact) mass is 311 g/mol. The molecule has 0 radical (unpaired) electrons. The van der Waals surface area contributed by atoms with Gasteiger partial charge in [-0.1, -0.05) is 0 Å². The second-order valence-corrected chi connectivity index (χ2v) is 5.80. The number of nitrogens with one attached hydrogen (secondary N) is 2. The minimum absolute atomic E-state index is 0.0924. The third-order valence-electron chi connectivity index (χ3n) is 3.80. The van der Waals surface area contributed by atoms with E-state index in [1.54, 1.807) is 6.26 Å². The Morgan fingerprint density at radius 1 is 1.39 bits per heavy atom. The van der Waals surface area contributed by atoms with Gasteiger partial charge in [0.2, 0.25) is 5.91 Å². The maximum Gasteiger partial charge on any atom is 0.250 e. The Labute approximate surface area is 132 Å². The summed E-state index contributed by atoms with van der Waals surface area (Å²) in [5.74, 6) is 1.86. The van der Waals surface area contributed by atoms with E-state index in [0.29, 0.717) is 29.8 Å². The number of ether oxygens (including phenoxy) is 1. The summed E-state index contributed by atoms with van der Waals surface area (Å²) in [5, 5.41) is 2.84. The summed E-state index contributed by atoms with van der Waals surface area (Å²) in [4.78, 5) is 19.5. The quantitative estimate of drug-likeness (QED) is 0.732. The van der Waals surface area contributed by atoms with Crippen molar-refractivity contribution in [3.05, 3.63) is 36.6 Å². The highest BCUT2D eigenvalue weighted by atomic mass is 16.5. The molecule has 1 aliphatic rings. The molecular weight excluding hydrogens is 294 g/mol. The summed E-state index contributed by atoms with van der Waals surface area (Å²) >= 11 is 0. The number of H-pyrrole nitrogens is 1. The van der Waals surface area contributed by atoms with Gasteiger partial charge in [-0.25, -0.2) is 4.98 Å². The molecule has 118 valence electrons. The van der Waals surface area contributed by atoms with E-state index in [4.69, 9.17) is 9.15 Å². The van der Waals surface area contributed by atoms with E-state index in [9.17, 15) is 4.79 Å². The first-order valence-corrected chi connectivity index (χ1v) is 7.69. The van der Waals surface area contributed by atoms with Gasteiger partial charge in [0.1, 0.15) is 6.61 Å². The van der Waals surface area contributed by atoms with Gasteiger partial charge >= 0.3 is 0 Å². The standard InChI is InChI=1S/C17H17N3O3/c21-16(10-22-9-11-3-4-11)18-12-5-6-13-14(8-12)20-17(19-13)15-2-1-7-23-15/h1-2,5-8,11H,3-4,9-10H2,(H,18,21)(H,19,20). The van der Waals surface area contributed by atoms with Crippen molar-refractivity contribution >= 4 is 22.6 Å². The van der Waals surface area contributed by atoms with E-state index in [0.717, 1.165) is 11.0 Å². The smallest absolute Gasteiger partial charge is 0.250 e. The third-order valence-corrected chi connectivity index (χ3v) is 3.80. The normalized spacial score (nSPS) is 14.3. The van der Waals surface area contributed by atoms with Crippen molar-refractivity contribution in [3.63, 3.8) is 0 Å². The molecule has 2 heterocycles. The van der Waals surface area contributed by atoms with Gasteiger partial charge < -0.3 is 19.5 Å². The highest BCUT2D eigenvalue weighted by Gasteiger charge is 2.21. The summed E-state index contributed by atoms with van der Waals surface area (Å²) in [6.07, 6.45) is 4.04. The molecule has 1 fully saturated rings. The van der Waals surface area contributed by atoms with Crippen molar-refractivity contribution in [2.45, 2.75) is 12.8 Å². The van der Waals surface area contributed by atoms with Crippen LogP contribution in [0, 0.1) is 5.92 Å². The minimum Gasteiger partial charge on any atom is -0.461 e. The fraction of sp³-hybridized carbons (Fsp3) is 0.294. The number of hydrogen-bond donors (Lipinski definition) is 2. The van der Waals surface area contributed by atoms with Crippen LogP contribution in [0.3, 0.4) is 0 Å². The number of amides is 1. The number of aromatic amines is 1. The number of carbonyl (C=O) groups is 1. The molecule has 1 amide bonds. The number of rotatable bonds is 6. The van der Waals surface area contributed by atoms with Gasteiger partial charge in [0, 0.05) is 5.69 Å². The van der Waals surface area contributed by atoms with Crippen LogP contribution in [-0.2, 0) is 9.53 Å². The molecule has 1 saturated carbocycles. The average molecular weight is 311 g/mol. The Morgan fingerprint density at radius 3 is 3.09 bits per heavy atom. The fourth-order valence-electron chi connectivity index (χ4n) is 2.42. The predicted molar refractivity (Wildman–Crippen MR) is 86.0 cm³/mol. The highest BCUT2D eigenvalue weighted by Crippen LogP contribution is 2.28. The molecule has 6 nitrogen and oxygen atoms in total. The van der Waals surface area contributed by atoms with Crippen molar-refractivity contribution in [2.75, 3.05) is 18.5 Å². The van der Waals surface area contributed by atoms with Gasteiger partial charge in [0.25, 0.3) is 0 Å². The molecule has 2 aromatic heterocycles. The number of fused-ring (bicyclic) bond motifs is 1. The zero-order valence-electron chi connectivity index (χ0n) is 12.5. The van der Waals surface area contributed by atoms with Crippen molar-refractivity contribution in [3.8, 4) is 11.6 Å². The van der Waals surface area contributed by atoms with Crippen LogP contribution in [0.4, 0.5) is 5.69 Å². The number of aromatic nitrogens is 2. The largest absolute Gasteiger partial charge is 0.461 e. The third kappa shape index (κ3) is 3.27. The van der Waals surface area contributed by atoms with Gasteiger partial charge in [-0.05, 0) is 49.1 Å². The molecule has 4 rings (SSSR count). The van der Waals surface area contributed by atoms with Gasteiger partial charge in [0.05, 0.1) is 23.9 Å². The minimum atomic E-state index is -0.143. The van der Waals surface area contributed by atoms with Gasteiger partial charge in [-0.3, -0.25) is 4.79 Å². The molecule has 3 aromatic rings. The van der Waals surface area contributed by atoms with Gasteiger partial charge in [0.15, 0.2) is 11.6 Å². The van der Waals surface area contributed by atoms with Gasteiger partial charge in [-0.2, -0.15) is 0 Å². The van der Waals surface area contributed by atoms with Crippen molar-refractivity contribution < 1.29 is 13.9 Å². The first kappa shape index (κ1) is 14.0. The van der Waals surface area contributed by atoms with E-state index in [1.165, 1.54) is 12.8 Å². The second-order valence-electron chi connectivity index (χ2n) is 5.80. The zero-order chi connectivity index (χ0) is 15.6. The van der Waals surface area contributed by atoms with Crippen LogP contribution in [0.5, 0.6) is 0 Å². The van der Waals surface area contributed by atoms with Crippen LogP contribution in [0.2, 0.25) is 0 Å². The average Bonchev–Trinajstić information content (AvgIpc) is 3.04. The lowest BCUT2D eigenvalue weighted by atomic mass is 10.3. The summed E-state index contributed by atoms with van der Waals surface area (Å²) < 4.78 is 10.7. The van der Waals surface area contributed by atoms with E-state index in [-0.39, 0.29) is 12.5 Å². The summed E-state index contributed by atoms with van der Waals surface area (Å²) in [7, 11) is 0. The summed E-state index contributed by atoms with van der Waals surface area (Å²) in [6, 6.07) is 9.20. The molecule has 0 bridgehead atoms. The lowest BCUT2D eigenvalue weighted by molar-refractivity contribution is -0.120. The summed E-state index contributed by atoms with van der Waals surface area (Å²) in [5.41, 5.74) is 2.37. The van der Waals surface area contributed by atoms with Crippen molar-refractivity contribution in [2.24, 2.45) is 5.92 Å². The van der Waals surface area contributed by atoms with Crippen molar-refractivity contribution in [1.82, 2.24) is 9.97 Å². The molecule has 0 unspecified atom stereocenters. The maximum atomic E-state index is 11.9. The number of hydrogen-bond acceptors (Lipinski definition) is 4. The molecule has 0 atom stereocenters. The van der Waals surface area contributed by atoms with Crippen LogP contribution in [-0.4, -0.2) is 29.1 Å². The Balaban J connectivity index is 1.44. The molecule has 6 heteroatoms. The topological polar surface area (TPSA) is 80.2 Å². The Bertz CT molecular complexity index is 819. The Hall–Kier alpha value is -2.60. The van der Waals surface area contributed by atoms with Crippen LogP contribution >= 0.6 is 0 Å². The van der Waals surface area contributed by atoms with Crippen LogP contribution in [0.1, 0.15) is 12.8 Å². The number of nitrogens with zero attached hydrogens (tertiary/aromatic N) is 1. The Morgan fingerprint density at radius 2 is 2.30 bits per heavy atom. The first-order valence-electron chi connectivity index (χ1n) is 7.69. The molecule has 0 saturated heterocycles. The summed E-state index contributed by atoms with van der Waals surface area (Å²) in [6.45, 7) is 0.772. The number of imidazole rings is 1. The number of benzene rings is 1. The van der Waals surface area contributed by atoms with Gasteiger partial charge in [-0.15, -0.1) is 0 Å². The number of carbonyl (C=O) groups excluding carboxylic acids is 1. The molecule has 1 aromatic carbocycles. The first-order chi connectivity index (χ1) is 11.3. The molecular formula is C17H17N3O3. The lowest BCUT2D eigenvalue weighted by Crippen LogP contribution is -2.18. The van der Waals surface area contributed by atoms with Crippen molar-refractivity contribution in [1.29, 1.82) is 0 Å².